The molecule has 0 spiro atoms. The molecule has 0 aliphatic heterocycles. The van der Waals surface area contributed by atoms with Crippen LogP contribution in [0.5, 0.6) is 0 Å². The van der Waals surface area contributed by atoms with Crippen molar-refractivity contribution in [3.8, 4) is 22.3 Å². The minimum absolute atomic E-state index is 0.720. The van der Waals surface area contributed by atoms with Gasteiger partial charge in [-0.3, -0.25) is 0 Å². The van der Waals surface area contributed by atoms with E-state index in [4.69, 9.17) is 5.73 Å². The lowest BCUT2D eigenvalue weighted by atomic mass is 9.99. The number of nitrogens with two attached hydrogens (primary N) is 1. The first kappa shape index (κ1) is 14.4. The van der Waals surface area contributed by atoms with E-state index in [0.717, 1.165) is 25.8 Å². The standard InChI is InChI=1S/C18H13Br2N/c19-16-10-15(11-17(20)18(16)21)14-8-4-7-13(9-14)12-5-2-1-3-6-12/h1-11H,21H2. The minimum Gasteiger partial charge on any atom is -0.397 e. The normalized spacial score (nSPS) is 10.6. The Kier molecular flexibility index (Phi) is 4.13. The second-order valence-electron chi connectivity index (χ2n) is 4.80. The van der Waals surface area contributed by atoms with Gasteiger partial charge in [0, 0.05) is 8.95 Å². The zero-order valence-electron chi connectivity index (χ0n) is 11.2. The van der Waals surface area contributed by atoms with Crippen LogP contribution in [0.25, 0.3) is 22.3 Å². The molecule has 104 valence electrons. The number of nitrogen functional groups attached to an aromatic ring is 1. The maximum Gasteiger partial charge on any atom is 0.0603 e. The molecular formula is C18H13Br2N. The molecule has 0 radical (unpaired) electrons. The number of rotatable bonds is 2. The van der Waals surface area contributed by atoms with Crippen molar-refractivity contribution < 1.29 is 0 Å². The summed E-state index contributed by atoms with van der Waals surface area (Å²) in [6.45, 7) is 0. The van der Waals surface area contributed by atoms with Crippen molar-refractivity contribution in [2.75, 3.05) is 5.73 Å². The third kappa shape index (κ3) is 3.04. The quantitative estimate of drug-likeness (QED) is 0.512. The van der Waals surface area contributed by atoms with Gasteiger partial charge in [-0.05, 0) is 72.3 Å². The van der Waals surface area contributed by atoms with E-state index >= 15 is 0 Å². The third-order valence-corrected chi connectivity index (χ3v) is 4.69. The lowest BCUT2D eigenvalue weighted by molar-refractivity contribution is 1.54. The molecule has 3 heteroatoms. The molecule has 3 aromatic carbocycles. The fraction of sp³-hybridized carbons (Fsp3) is 0. The molecule has 0 aliphatic rings. The van der Waals surface area contributed by atoms with Crippen LogP contribution < -0.4 is 5.73 Å². The molecule has 2 N–H and O–H groups in total. The first-order valence-corrected chi connectivity index (χ1v) is 8.14. The summed E-state index contributed by atoms with van der Waals surface area (Å²) in [5.74, 6) is 0. The molecule has 0 saturated heterocycles. The van der Waals surface area contributed by atoms with Crippen molar-refractivity contribution in [2.24, 2.45) is 0 Å². The van der Waals surface area contributed by atoms with E-state index in [1.807, 2.05) is 18.2 Å². The topological polar surface area (TPSA) is 26.0 Å². The van der Waals surface area contributed by atoms with Gasteiger partial charge in [-0.2, -0.15) is 0 Å². The van der Waals surface area contributed by atoms with Gasteiger partial charge in [0.25, 0.3) is 0 Å². The van der Waals surface area contributed by atoms with Crippen LogP contribution in [0.3, 0.4) is 0 Å². The van der Waals surface area contributed by atoms with Gasteiger partial charge in [-0.15, -0.1) is 0 Å². The highest BCUT2D eigenvalue weighted by molar-refractivity contribution is 9.11. The Balaban J connectivity index is 2.08. The van der Waals surface area contributed by atoms with E-state index < -0.39 is 0 Å². The van der Waals surface area contributed by atoms with E-state index in [1.54, 1.807) is 0 Å². The highest BCUT2D eigenvalue weighted by atomic mass is 79.9. The summed E-state index contributed by atoms with van der Waals surface area (Å²) >= 11 is 7.01. The molecule has 3 aromatic rings. The Hall–Kier alpha value is -1.58. The van der Waals surface area contributed by atoms with Crippen molar-refractivity contribution in [2.45, 2.75) is 0 Å². The van der Waals surface area contributed by atoms with Crippen molar-refractivity contribution >= 4 is 37.5 Å². The van der Waals surface area contributed by atoms with E-state index in [0.29, 0.717) is 0 Å². The second-order valence-corrected chi connectivity index (χ2v) is 6.51. The number of hydrogen-bond acceptors (Lipinski definition) is 1. The maximum absolute atomic E-state index is 5.96. The predicted octanol–water partition coefficient (Wildman–Crippen LogP) is 6.13. The van der Waals surface area contributed by atoms with Crippen molar-refractivity contribution in [3.63, 3.8) is 0 Å². The summed E-state index contributed by atoms with van der Waals surface area (Å²) in [5, 5.41) is 0. The molecule has 0 fully saturated rings. The van der Waals surface area contributed by atoms with E-state index in [9.17, 15) is 0 Å². The summed E-state index contributed by atoms with van der Waals surface area (Å²) in [4.78, 5) is 0. The molecule has 21 heavy (non-hydrogen) atoms. The third-order valence-electron chi connectivity index (χ3n) is 3.38. The Labute approximate surface area is 141 Å². The van der Waals surface area contributed by atoms with Gasteiger partial charge < -0.3 is 5.73 Å². The van der Waals surface area contributed by atoms with E-state index in [1.165, 1.54) is 11.1 Å². The van der Waals surface area contributed by atoms with Crippen molar-refractivity contribution in [3.05, 3.63) is 75.7 Å². The van der Waals surface area contributed by atoms with Gasteiger partial charge in [0.1, 0.15) is 0 Å². The molecular weight excluding hydrogens is 390 g/mol. The predicted molar refractivity (Wildman–Crippen MR) is 97.1 cm³/mol. The molecule has 1 nitrogen and oxygen atoms in total. The largest absolute Gasteiger partial charge is 0.397 e. The molecule has 0 aromatic heterocycles. The maximum atomic E-state index is 5.96. The highest BCUT2D eigenvalue weighted by Crippen LogP contribution is 2.35. The van der Waals surface area contributed by atoms with Crippen molar-refractivity contribution in [1.82, 2.24) is 0 Å². The Morgan fingerprint density at radius 3 is 1.71 bits per heavy atom. The molecule has 3 rings (SSSR count). The average molecular weight is 403 g/mol. The zero-order valence-corrected chi connectivity index (χ0v) is 14.4. The molecule has 0 heterocycles. The van der Waals surface area contributed by atoms with Gasteiger partial charge in [-0.1, -0.05) is 48.5 Å². The summed E-state index contributed by atoms with van der Waals surface area (Å²) in [7, 11) is 0. The summed E-state index contributed by atoms with van der Waals surface area (Å²) in [5.41, 5.74) is 11.4. The van der Waals surface area contributed by atoms with Gasteiger partial charge in [0.2, 0.25) is 0 Å². The van der Waals surface area contributed by atoms with E-state index in [2.05, 4.69) is 80.4 Å². The van der Waals surface area contributed by atoms with Gasteiger partial charge in [0.05, 0.1) is 5.69 Å². The summed E-state index contributed by atoms with van der Waals surface area (Å²) in [6, 6.07) is 23.0. The van der Waals surface area contributed by atoms with Crippen LogP contribution in [-0.4, -0.2) is 0 Å². The number of hydrogen-bond donors (Lipinski definition) is 1. The minimum atomic E-state index is 0.720. The van der Waals surface area contributed by atoms with Crippen LogP contribution in [0, 0.1) is 0 Å². The van der Waals surface area contributed by atoms with Gasteiger partial charge in [0.15, 0.2) is 0 Å². The fourth-order valence-electron chi connectivity index (χ4n) is 2.26. The first-order chi connectivity index (χ1) is 10.1. The molecule has 0 amide bonds. The zero-order chi connectivity index (χ0) is 14.8. The van der Waals surface area contributed by atoms with Gasteiger partial charge in [-0.25, -0.2) is 0 Å². The Morgan fingerprint density at radius 1 is 0.571 bits per heavy atom. The monoisotopic (exact) mass is 401 g/mol. The molecule has 0 aliphatic carbocycles. The van der Waals surface area contributed by atoms with Crippen LogP contribution in [-0.2, 0) is 0 Å². The lowest BCUT2D eigenvalue weighted by Crippen LogP contribution is -1.90. The van der Waals surface area contributed by atoms with Crippen LogP contribution in [0.1, 0.15) is 0 Å². The van der Waals surface area contributed by atoms with Crippen LogP contribution in [0.4, 0.5) is 5.69 Å². The first-order valence-electron chi connectivity index (χ1n) is 6.55. The smallest absolute Gasteiger partial charge is 0.0603 e. The van der Waals surface area contributed by atoms with Gasteiger partial charge >= 0.3 is 0 Å². The number of benzene rings is 3. The fourth-order valence-corrected chi connectivity index (χ4v) is 3.45. The number of halogens is 2. The molecule has 0 unspecified atom stereocenters. The highest BCUT2D eigenvalue weighted by Gasteiger charge is 2.07. The van der Waals surface area contributed by atoms with Crippen LogP contribution in [0.2, 0.25) is 0 Å². The Bertz CT molecular complexity index is 759. The van der Waals surface area contributed by atoms with Crippen LogP contribution >= 0.6 is 31.9 Å². The molecule has 0 atom stereocenters. The number of anilines is 1. The molecule has 0 saturated carbocycles. The summed E-state index contributed by atoms with van der Waals surface area (Å²) < 4.78 is 1.80. The molecule has 0 bridgehead atoms. The van der Waals surface area contributed by atoms with Crippen molar-refractivity contribution in [1.29, 1.82) is 0 Å². The SMILES string of the molecule is Nc1c(Br)cc(-c2cccc(-c3ccccc3)c2)cc1Br. The van der Waals surface area contributed by atoms with Crippen LogP contribution in [0.15, 0.2) is 75.7 Å². The summed E-state index contributed by atoms with van der Waals surface area (Å²) in [6.07, 6.45) is 0. The second kappa shape index (κ2) is 6.04. The average Bonchev–Trinajstić information content (AvgIpc) is 2.53. The van der Waals surface area contributed by atoms with E-state index in [-0.39, 0.29) is 0 Å². The lowest BCUT2D eigenvalue weighted by Gasteiger charge is -2.09. The Morgan fingerprint density at radius 2 is 1.10 bits per heavy atom.